The number of para-hydroxylation sites is 1. The number of hydrogen-bond donors (Lipinski definition) is 0. The smallest absolute Gasteiger partial charge is 0.0678 e. The Balaban J connectivity index is 2.55. The highest BCUT2D eigenvalue weighted by atomic mass is 15.3. The third-order valence-electron chi connectivity index (χ3n) is 2.61. The van der Waals surface area contributed by atoms with Gasteiger partial charge in [0.15, 0.2) is 0 Å². The number of aryl methyl sites for hydroxylation is 1. The lowest BCUT2D eigenvalue weighted by Gasteiger charge is -2.12. The lowest BCUT2D eigenvalue weighted by atomic mass is 10.1. The van der Waals surface area contributed by atoms with Crippen LogP contribution in [0.3, 0.4) is 0 Å². The average molecular weight is 200 g/mol. The molecule has 0 bridgehead atoms. The van der Waals surface area contributed by atoms with Gasteiger partial charge in [-0.25, -0.2) is 4.68 Å². The van der Waals surface area contributed by atoms with Gasteiger partial charge in [0.2, 0.25) is 0 Å². The van der Waals surface area contributed by atoms with Gasteiger partial charge in [-0.1, -0.05) is 32.0 Å². The van der Waals surface area contributed by atoms with Crippen LogP contribution in [0.15, 0.2) is 36.5 Å². The van der Waals surface area contributed by atoms with Gasteiger partial charge in [-0.05, 0) is 30.5 Å². The van der Waals surface area contributed by atoms with Crippen molar-refractivity contribution in [1.82, 2.24) is 9.78 Å². The van der Waals surface area contributed by atoms with Crippen molar-refractivity contribution in [1.29, 1.82) is 0 Å². The van der Waals surface area contributed by atoms with Gasteiger partial charge < -0.3 is 0 Å². The van der Waals surface area contributed by atoms with E-state index in [0.29, 0.717) is 5.92 Å². The first kappa shape index (κ1) is 9.97. The minimum Gasteiger partial charge on any atom is -0.237 e. The Bertz CT molecular complexity index is 455. The van der Waals surface area contributed by atoms with Crippen molar-refractivity contribution in [2.24, 2.45) is 0 Å². The first-order chi connectivity index (χ1) is 7.20. The summed E-state index contributed by atoms with van der Waals surface area (Å²) in [6.07, 6.45) is 1.86. The maximum Gasteiger partial charge on any atom is 0.0678 e. The second kappa shape index (κ2) is 3.89. The molecule has 0 atom stereocenters. The second-order valence-corrected chi connectivity index (χ2v) is 4.11. The number of aromatic nitrogens is 2. The zero-order valence-electron chi connectivity index (χ0n) is 9.44. The van der Waals surface area contributed by atoms with Crippen molar-refractivity contribution in [2.45, 2.75) is 26.7 Å². The first-order valence-corrected chi connectivity index (χ1v) is 5.30. The van der Waals surface area contributed by atoms with Crippen molar-refractivity contribution < 1.29 is 0 Å². The van der Waals surface area contributed by atoms with Gasteiger partial charge in [0.25, 0.3) is 0 Å². The highest BCUT2D eigenvalue weighted by molar-refractivity contribution is 5.40. The van der Waals surface area contributed by atoms with E-state index < -0.39 is 0 Å². The Hall–Kier alpha value is -1.57. The van der Waals surface area contributed by atoms with E-state index in [4.69, 9.17) is 0 Å². The summed E-state index contributed by atoms with van der Waals surface area (Å²) in [5, 5.41) is 4.39. The predicted molar refractivity (Wildman–Crippen MR) is 62.4 cm³/mol. The molecular weight excluding hydrogens is 184 g/mol. The van der Waals surface area contributed by atoms with Crippen LogP contribution in [0.4, 0.5) is 0 Å². The molecule has 2 aromatic rings. The molecule has 0 aliphatic carbocycles. The van der Waals surface area contributed by atoms with E-state index in [-0.39, 0.29) is 0 Å². The average Bonchev–Trinajstić information content (AvgIpc) is 2.67. The van der Waals surface area contributed by atoms with Crippen LogP contribution in [-0.2, 0) is 0 Å². The molecule has 0 fully saturated rings. The molecule has 78 valence electrons. The third-order valence-corrected chi connectivity index (χ3v) is 2.61. The highest BCUT2D eigenvalue weighted by Crippen LogP contribution is 2.20. The molecule has 0 saturated heterocycles. The fourth-order valence-corrected chi connectivity index (χ4v) is 1.75. The van der Waals surface area contributed by atoms with Gasteiger partial charge in [-0.3, -0.25) is 0 Å². The normalized spacial score (nSPS) is 10.9. The molecule has 0 aliphatic rings. The van der Waals surface area contributed by atoms with E-state index in [9.17, 15) is 0 Å². The van der Waals surface area contributed by atoms with Gasteiger partial charge in [0.1, 0.15) is 0 Å². The quantitative estimate of drug-likeness (QED) is 0.727. The van der Waals surface area contributed by atoms with Gasteiger partial charge in [0.05, 0.1) is 5.69 Å². The van der Waals surface area contributed by atoms with E-state index in [1.54, 1.807) is 0 Å². The molecule has 1 heterocycles. The number of hydrogen-bond acceptors (Lipinski definition) is 1. The summed E-state index contributed by atoms with van der Waals surface area (Å²) >= 11 is 0. The molecule has 0 N–H and O–H groups in total. The monoisotopic (exact) mass is 200 g/mol. The van der Waals surface area contributed by atoms with E-state index in [2.05, 4.69) is 50.1 Å². The summed E-state index contributed by atoms with van der Waals surface area (Å²) in [6, 6.07) is 10.4. The summed E-state index contributed by atoms with van der Waals surface area (Å²) in [5.74, 6) is 0.493. The molecule has 15 heavy (non-hydrogen) atoms. The fourth-order valence-electron chi connectivity index (χ4n) is 1.75. The van der Waals surface area contributed by atoms with Crippen molar-refractivity contribution in [2.75, 3.05) is 0 Å². The Kier molecular flexibility index (Phi) is 2.58. The summed E-state index contributed by atoms with van der Waals surface area (Å²) in [5.41, 5.74) is 3.68. The first-order valence-electron chi connectivity index (χ1n) is 5.30. The SMILES string of the molecule is Cc1ccccc1-n1nccc1C(C)C. The van der Waals surface area contributed by atoms with Crippen LogP contribution in [0.25, 0.3) is 5.69 Å². The molecule has 2 nitrogen and oxygen atoms in total. The maximum absolute atomic E-state index is 4.39. The standard InChI is InChI=1S/C13H16N2/c1-10(2)12-8-9-14-15(12)13-7-5-4-6-11(13)3/h4-10H,1-3H3. The van der Waals surface area contributed by atoms with Crippen molar-refractivity contribution in [3.8, 4) is 5.69 Å². The molecule has 2 heteroatoms. The molecule has 1 aromatic carbocycles. The summed E-state index contributed by atoms with van der Waals surface area (Å²) in [4.78, 5) is 0. The molecule has 2 rings (SSSR count). The molecule has 0 spiro atoms. The Labute approximate surface area is 90.6 Å². The van der Waals surface area contributed by atoms with Crippen LogP contribution in [-0.4, -0.2) is 9.78 Å². The zero-order chi connectivity index (χ0) is 10.8. The fraction of sp³-hybridized carbons (Fsp3) is 0.308. The zero-order valence-corrected chi connectivity index (χ0v) is 9.44. The van der Waals surface area contributed by atoms with E-state index in [0.717, 1.165) is 0 Å². The molecule has 0 amide bonds. The topological polar surface area (TPSA) is 17.8 Å². The highest BCUT2D eigenvalue weighted by Gasteiger charge is 2.09. The van der Waals surface area contributed by atoms with Crippen LogP contribution in [0, 0.1) is 6.92 Å². The Morgan fingerprint density at radius 1 is 1.13 bits per heavy atom. The van der Waals surface area contributed by atoms with Crippen LogP contribution in [0.1, 0.15) is 31.0 Å². The maximum atomic E-state index is 4.39. The lowest BCUT2D eigenvalue weighted by molar-refractivity contribution is 0.731. The summed E-state index contributed by atoms with van der Waals surface area (Å²) in [7, 11) is 0. The van der Waals surface area contributed by atoms with Gasteiger partial charge >= 0.3 is 0 Å². The van der Waals surface area contributed by atoms with Crippen molar-refractivity contribution in [3.63, 3.8) is 0 Å². The minimum atomic E-state index is 0.493. The molecule has 0 aliphatic heterocycles. The molecule has 1 aromatic heterocycles. The van der Waals surface area contributed by atoms with E-state index >= 15 is 0 Å². The molecule has 0 radical (unpaired) electrons. The van der Waals surface area contributed by atoms with Gasteiger partial charge in [0, 0.05) is 11.9 Å². The Morgan fingerprint density at radius 2 is 1.87 bits per heavy atom. The van der Waals surface area contributed by atoms with Gasteiger partial charge in [-0.15, -0.1) is 0 Å². The summed E-state index contributed by atoms with van der Waals surface area (Å²) < 4.78 is 2.03. The number of rotatable bonds is 2. The minimum absolute atomic E-state index is 0.493. The van der Waals surface area contributed by atoms with Crippen LogP contribution < -0.4 is 0 Å². The van der Waals surface area contributed by atoms with Crippen molar-refractivity contribution in [3.05, 3.63) is 47.8 Å². The lowest BCUT2D eigenvalue weighted by Crippen LogP contribution is -2.04. The molecule has 0 unspecified atom stereocenters. The number of nitrogens with zero attached hydrogens (tertiary/aromatic N) is 2. The van der Waals surface area contributed by atoms with Crippen LogP contribution >= 0.6 is 0 Å². The molecular formula is C13H16N2. The largest absolute Gasteiger partial charge is 0.237 e. The van der Waals surface area contributed by atoms with Crippen LogP contribution in [0.5, 0.6) is 0 Å². The second-order valence-electron chi connectivity index (χ2n) is 4.11. The Morgan fingerprint density at radius 3 is 2.53 bits per heavy atom. The van der Waals surface area contributed by atoms with Crippen molar-refractivity contribution >= 4 is 0 Å². The third kappa shape index (κ3) is 1.80. The van der Waals surface area contributed by atoms with E-state index in [1.165, 1.54) is 16.9 Å². The molecule has 0 saturated carbocycles. The number of benzene rings is 1. The van der Waals surface area contributed by atoms with Crippen LogP contribution in [0.2, 0.25) is 0 Å². The van der Waals surface area contributed by atoms with Gasteiger partial charge in [-0.2, -0.15) is 5.10 Å². The predicted octanol–water partition coefficient (Wildman–Crippen LogP) is 3.30. The van der Waals surface area contributed by atoms with E-state index in [1.807, 2.05) is 16.9 Å². The summed E-state index contributed by atoms with van der Waals surface area (Å²) in [6.45, 7) is 6.48.